The van der Waals surface area contributed by atoms with Crippen LogP contribution in [0.15, 0.2) is 23.1 Å². The van der Waals surface area contributed by atoms with Crippen LogP contribution in [-0.4, -0.2) is 57.3 Å². The van der Waals surface area contributed by atoms with Crippen molar-refractivity contribution in [2.24, 2.45) is 0 Å². The Morgan fingerprint density at radius 2 is 2.14 bits per heavy atom. The molecule has 1 aliphatic rings. The summed E-state index contributed by atoms with van der Waals surface area (Å²) < 4.78 is 31.5. The van der Waals surface area contributed by atoms with Crippen molar-refractivity contribution in [2.75, 3.05) is 33.8 Å². The van der Waals surface area contributed by atoms with E-state index in [1.54, 1.807) is 4.90 Å². The van der Waals surface area contributed by atoms with E-state index in [2.05, 4.69) is 0 Å². The van der Waals surface area contributed by atoms with Gasteiger partial charge in [0.2, 0.25) is 15.9 Å². The monoisotopic (exact) mass is 346 g/mol. The van der Waals surface area contributed by atoms with Crippen LogP contribution in [0.1, 0.15) is 12.8 Å². The number of carbonyl (C=O) groups is 1. The average Bonchev–Trinajstić information content (AvgIpc) is 2.89. The minimum absolute atomic E-state index is 0.0645. The van der Waals surface area contributed by atoms with E-state index in [1.807, 2.05) is 0 Å². The normalized spacial score (nSPS) is 15.6. The molecule has 0 unspecified atom stereocenters. The molecule has 0 aromatic heterocycles. The Bertz CT molecular complexity index is 663. The largest absolute Gasteiger partial charge is 0.495 e. The molecular weight excluding hydrogens is 328 g/mol. The number of likely N-dealkylation sites (N-methyl/N-ethyl adjacent to an activating group) is 1. The average molecular weight is 347 g/mol. The number of benzene rings is 1. The molecular formula is C14H19ClN2O4S. The third-order valence-corrected chi connectivity index (χ3v) is 5.80. The van der Waals surface area contributed by atoms with Gasteiger partial charge in [-0.2, -0.15) is 4.31 Å². The number of ether oxygens (including phenoxy) is 1. The molecule has 1 amide bonds. The molecule has 8 heteroatoms. The van der Waals surface area contributed by atoms with Crippen LogP contribution in [0.3, 0.4) is 0 Å². The van der Waals surface area contributed by atoms with Crippen molar-refractivity contribution in [1.82, 2.24) is 9.21 Å². The van der Waals surface area contributed by atoms with Crippen molar-refractivity contribution in [3.05, 3.63) is 23.2 Å². The fraction of sp³-hybridized carbons (Fsp3) is 0.500. The molecule has 1 aromatic carbocycles. The second-order valence-electron chi connectivity index (χ2n) is 5.11. The maximum atomic E-state index is 12.6. The van der Waals surface area contributed by atoms with Crippen molar-refractivity contribution >= 4 is 27.5 Å². The lowest BCUT2D eigenvalue weighted by atomic mass is 10.3. The summed E-state index contributed by atoms with van der Waals surface area (Å²) in [6.07, 6.45) is 1.38. The number of sulfonamides is 1. The Balaban J connectivity index is 2.13. The van der Waals surface area contributed by atoms with Crippen molar-refractivity contribution in [1.29, 1.82) is 0 Å². The van der Waals surface area contributed by atoms with Crippen LogP contribution in [-0.2, 0) is 14.8 Å². The lowest BCUT2D eigenvalue weighted by molar-refractivity contribution is -0.127. The van der Waals surface area contributed by atoms with Gasteiger partial charge in [-0.3, -0.25) is 4.79 Å². The van der Waals surface area contributed by atoms with Crippen molar-refractivity contribution in [3.8, 4) is 5.75 Å². The minimum atomic E-state index is -3.70. The highest BCUT2D eigenvalue weighted by molar-refractivity contribution is 7.89. The number of methoxy groups -OCH3 is 1. The van der Waals surface area contributed by atoms with E-state index in [9.17, 15) is 13.2 Å². The molecule has 1 heterocycles. The van der Waals surface area contributed by atoms with Gasteiger partial charge in [0.05, 0.1) is 7.11 Å². The predicted octanol–water partition coefficient (Wildman–Crippen LogP) is 1.59. The fourth-order valence-electron chi connectivity index (χ4n) is 2.34. The zero-order valence-corrected chi connectivity index (χ0v) is 14.2. The number of hydrogen-bond acceptors (Lipinski definition) is 4. The van der Waals surface area contributed by atoms with Gasteiger partial charge in [-0.05, 0) is 18.6 Å². The van der Waals surface area contributed by atoms with Crippen LogP contribution in [0, 0.1) is 0 Å². The Labute approximate surface area is 135 Å². The van der Waals surface area contributed by atoms with Crippen LogP contribution in [0.2, 0.25) is 5.02 Å². The van der Waals surface area contributed by atoms with E-state index in [1.165, 1.54) is 36.7 Å². The summed E-state index contributed by atoms with van der Waals surface area (Å²) >= 11 is 5.86. The fourth-order valence-corrected chi connectivity index (χ4v) is 3.80. The summed E-state index contributed by atoms with van der Waals surface area (Å²) in [6.45, 7) is 1.32. The Hall–Kier alpha value is -1.31. The number of amides is 1. The number of rotatable bonds is 6. The van der Waals surface area contributed by atoms with Gasteiger partial charge >= 0.3 is 0 Å². The van der Waals surface area contributed by atoms with Crippen LogP contribution < -0.4 is 4.74 Å². The number of carbonyl (C=O) groups excluding carboxylic acids is 1. The highest BCUT2D eigenvalue weighted by Gasteiger charge is 2.27. The van der Waals surface area contributed by atoms with Gasteiger partial charge < -0.3 is 9.64 Å². The predicted molar refractivity (Wildman–Crippen MR) is 83.6 cm³/mol. The second kappa shape index (κ2) is 6.85. The molecule has 6 nitrogen and oxygen atoms in total. The van der Waals surface area contributed by atoms with Crippen LogP contribution in [0.25, 0.3) is 0 Å². The van der Waals surface area contributed by atoms with Gasteiger partial charge in [-0.25, -0.2) is 8.42 Å². The molecule has 1 aromatic rings. The first-order chi connectivity index (χ1) is 10.4. The van der Waals surface area contributed by atoms with Crippen LogP contribution in [0.5, 0.6) is 5.75 Å². The number of likely N-dealkylation sites (tertiary alicyclic amines) is 1. The van der Waals surface area contributed by atoms with Gasteiger partial charge in [0.25, 0.3) is 0 Å². The first kappa shape index (κ1) is 17.1. The summed E-state index contributed by atoms with van der Waals surface area (Å²) in [5.41, 5.74) is 0. The van der Waals surface area contributed by atoms with Gasteiger partial charge in [0.15, 0.2) is 0 Å². The second-order valence-corrected chi connectivity index (χ2v) is 7.56. The Kier molecular flexibility index (Phi) is 5.31. The highest BCUT2D eigenvalue weighted by atomic mass is 35.5. The number of hydrogen-bond donors (Lipinski definition) is 0. The third-order valence-electron chi connectivity index (χ3n) is 3.67. The maximum Gasteiger partial charge on any atom is 0.246 e. The first-order valence-corrected chi connectivity index (χ1v) is 8.75. The highest BCUT2D eigenvalue weighted by Crippen LogP contribution is 2.29. The molecule has 1 aliphatic heterocycles. The lowest BCUT2D eigenvalue weighted by Gasteiger charge is -2.22. The molecule has 122 valence electrons. The van der Waals surface area contributed by atoms with Gasteiger partial charge in [0.1, 0.15) is 10.6 Å². The molecule has 22 heavy (non-hydrogen) atoms. The van der Waals surface area contributed by atoms with Crippen LogP contribution in [0.4, 0.5) is 0 Å². The molecule has 1 saturated heterocycles. The molecule has 0 spiro atoms. The summed E-state index contributed by atoms with van der Waals surface area (Å²) in [7, 11) is -0.810. The van der Waals surface area contributed by atoms with E-state index < -0.39 is 10.0 Å². The van der Waals surface area contributed by atoms with Crippen molar-refractivity contribution in [2.45, 2.75) is 17.7 Å². The molecule has 2 rings (SSSR count). The van der Waals surface area contributed by atoms with Gasteiger partial charge in [-0.1, -0.05) is 11.6 Å². The zero-order chi connectivity index (χ0) is 16.3. The minimum Gasteiger partial charge on any atom is -0.495 e. The van der Waals surface area contributed by atoms with Crippen molar-refractivity contribution < 1.29 is 17.9 Å². The molecule has 0 bridgehead atoms. The van der Waals surface area contributed by atoms with Crippen molar-refractivity contribution in [3.63, 3.8) is 0 Å². The summed E-state index contributed by atoms with van der Waals surface area (Å²) in [5.74, 6) is 0.284. The molecule has 1 fully saturated rings. The first-order valence-electron chi connectivity index (χ1n) is 6.94. The van der Waals surface area contributed by atoms with E-state index >= 15 is 0 Å². The molecule has 0 saturated carbocycles. The smallest absolute Gasteiger partial charge is 0.246 e. The van der Waals surface area contributed by atoms with Gasteiger partial charge in [0, 0.05) is 44.2 Å². The molecule has 0 radical (unpaired) electrons. The SMILES string of the molecule is COc1cc(Cl)ccc1S(=O)(=O)N(C)CCN1CCCC1=O. The number of halogens is 1. The maximum absolute atomic E-state index is 12.6. The van der Waals surface area contributed by atoms with Crippen LogP contribution >= 0.6 is 11.6 Å². The standard InChI is InChI=1S/C14H19ClN2O4S/c1-16(8-9-17-7-3-4-14(17)18)22(19,20)13-6-5-11(15)10-12(13)21-2/h5-6,10H,3-4,7-9H2,1-2H3. The molecule has 0 N–H and O–H groups in total. The summed E-state index contributed by atoms with van der Waals surface area (Å²) in [5, 5.41) is 0.404. The zero-order valence-electron chi connectivity index (χ0n) is 12.6. The number of nitrogens with zero attached hydrogens (tertiary/aromatic N) is 2. The Morgan fingerprint density at radius 1 is 1.41 bits per heavy atom. The summed E-state index contributed by atoms with van der Waals surface area (Å²) in [6, 6.07) is 4.40. The summed E-state index contributed by atoms with van der Waals surface area (Å²) in [4.78, 5) is 13.3. The van der Waals surface area contributed by atoms with E-state index in [0.717, 1.165) is 6.42 Å². The third kappa shape index (κ3) is 3.53. The van der Waals surface area contributed by atoms with E-state index in [4.69, 9.17) is 16.3 Å². The lowest BCUT2D eigenvalue weighted by Crippen LogP contribution is -2.37. The van der Waals surface area contributed by atoms with E-state index in [-0.39, 0.29) is 23.1 Å². The Morgan fingerprint density at radius 3 is 2.73 bits per heavy atom. The topological polar surface area (TPSA) is 66.9 Å². The van der Waals surface area contributed by atoms with Gasteiger partial charge in [-0.15, -0.1) is 0 Å². The molecule has 0 atom stereocenters. The quantitative estimate of drug-likeness (QED) is 0.784. The molecule has 0 aliphatic carbocycles. The van der Waals surface area contributed by atoms with E-state index in [0.29, 0.717) is 24.5 Å².